The molecule has 1 amide bonds. The Labute approximate surface area is 161 Å². The molecule has 144 valence electrons. The second-order valence-corrected chi connectivity index (χ2v) is 7.20. The number of amides is 1. The molecule has 5 heteroatoms. The number of carbonyl (C=O) groups excluding carboxylic acids is 1. The van der Waals surface area contributed by atoms with Gasteiger partial charge in [0.1, 0.15) is 5.75 Å². The highest BCUT2D eigenvalue weighted by Gasteiger charge is 2.21. The molecule has 0 aromatic heterocycles. The molecule has 2 aromatic carbocycles. The molecule has 0 saturated carbocycles. The standard InChI is InChI=1S/C22H29N3O2/c1-3-17(2)18-8-4-5-9-19(18)23-22(27)16-24-12-14-25(15-13-24)20-10-6-7-11-21(20)26/h4-11,17,26H,3,12-16H2,1-2H3,(H,23,27)/t17-/m1/s1. The van der Waals surface area contributed by atoms with Crippen LogP contribution < -0.4 is 10.2 Å². The summed E-state index contributed by atoms with van der Waals surface area (Å²) in [5.74, 6) is 0.760. The summed E-state index contributed by atoms with van der Waals surface area (Å²) in [6.07, 6.45) is 1.04. The summed E-state index contributed by atoms with van der Waals surface area (Å²) < 4.78 is 0. The number of phenolic OH excluding ortho intramolecular Hbond substituents is 1. The highest BCUT2D eigenvalue weighted by atomic mass is 16.3. The van der Waals surface area contributed by atoms with Crippen LogP contribution in [0.5, 0.6) is 5.75 Å². The van der Waals surface area contributed by atoms with Gasteiger partial charge >= 0.3 is 0 Å². The molecule has 3 rings (SSSR count). The maximum absolute atomic E-state index is 12.5. The second kappa shape index (κ2) is 8.91. The predicted octanol–water partition coefficient (Wildman–Crippen LogP) is 3.67. The lowest BCUT2D eigenvalue weighted by Crippen LogP contribution is -2.48. The average molecular weight is 367 g/mol. The van der Waals surface area contributed by atoms with Crippen molar-refractivity contribution in [3.05, 3.63) is 54.1 Å². The summed E-state index contributed by atoms with van der Waals surface area (Å²) in [4.78, 5) is 16.9. The molecule has 0 bridgehead atoms. The summed E-state index contributed by atoms with van der Waals surface area (Å²) in [6.45, 7) is 7.94. The summed E-state index contributed by atoms with van der Waals surface area (Å²) >= 11 is 0. The number of nitrogens with zero attached hydrogens (tertiary/aromatic N) is 2. The van der Waals surface area contributed by atoms with Crippen molar-refractivity contribution in [1.29, 1.82) is 0 Å². The van der Waals surface area contributed by atoms with E-state index in [1.807, 2.05) is 36.4 Å². The fourth-order valence-electron chi connectivity index (χ4n) is 3.53. The number of rotatable bonds is 6. The number of para-hydroxylation sites is 3. The van der Waals surface area contributed by atoms with E-state index in [0.29, 0.717) is 18.2 Å². The Morgan fingerprint density at radius 1 is 1.07 bits per heavy atom. The van der Waals surface area contributed by atoms with E-state index in [1.165, 1.54) is 5.56 Å². The van der Waals surface area contributed by atoms with Crippen LogP contribution in [0.15, 0.2) is 48.5 Å². The van der Waals surface area contributed by atoms with Gasteiger partial charge in [-0.2, -0.15) is 0 Å². The molecule has 1 heterocycles. The lowest BCUT2D eigenvalue weighted by atomic mass is 9.97. The van der Waals surface area contributed by atoms with Crippen LogP contribution in [0.3, 0.4) is 0 Å². The number of hydrogen-bond donors (Lipinski definition) is 2. The number of nitrogens with one attached hydrogen (secondary N) is 1. The Morgan fingerprint density at radius 2 is 1.74 bits per heavy atom. The summed E-state index contributed by atoms with van der Waals surface area (Å²) in [7, 11) is 0. The zero-order valence-electron chi connectivity index (χ0n) is 16.2. The summed E-state index contributed by atoms with van der Waals surface area (Å²) in [5.41, 5.74) is 2.98. The van der Waals surface area contributed by atoms with Gasteiger partial charge in [-0.05, 0) is 36.1 Å². The van der Waals surface area contributed by atoms with Crippen molar-refractivity contribution < 1.29 is 9.90 Å². The number of benzene rings is 2. The van der Waals surface area contributed by atoms with Crippen molar-refractivity contribution in [3.63, 3.8) is 0 Å². The van der Waals surface area contributed by atoms with Crippen LogP contribution in [0.1, 0.15) is 31.7 Å². The number of aromatic hydroxyl groups is 1. The third kappa shape index (κ3) is 4.80. The van der Waals surface area contributed by atoms with Crippen molar-refractivity contribution >= 4 is 17.3 Å². The summed E-state index contributed by atoms with van der Waals surface area (Å²) in [5, 5.41) is 13.1. The smallest absolute Gasteiger partial charge is 0.238 e. The maximum Gasteiger partial charge on any atom is 0.238 e. The first-order valence-electron chi connectivity index (χ1n) is 9.72. The molecule has 0 radical (unpaired) electrons. The summed E-state index contributed by atoms with van der Waals surface area (Å²) in [6, 6.07) is 15.5. The van der Waals surface area contributed by atoms with Gasteiger partial charge < -0.3 is 15.3 Å². The highest BCUT2D eigenvalue weighted by molar-refractivity contribution is 5.93. The molecule has 1 atom stereocenters. The van der Waals surface area contributed by atoms with Crippen LogP contribution in [-0.2, 0) is 4.79 Å². The van der Waals surface area contributed by atoms with Gasteiger partial charge in [-0.15, -0.1) is 0 Å². The van der Waals surface area contributed by atoms with E-state index in [4.69, 9.17) is 0 Å². The van der Waals surface area contributed by atoms with Gasteiger partial charge in [0.15, 0.2) is 0 Å². The minimum atomic E-state index is 0.0294. The largest absolute Gasteiger partial charge is 0.506 e. The van der Waals surface area contributed by atoms with Gasteiger partial charge in [0, 0.05) is 31.9 Å². The number of hydrogen-bond acceptors (Lipinski definition) is 4. The number of piperazine rings is 1. The Kier molecular flexibility index (Phi) is 6.35. The lowest BCUT2D eigenvalue weighted by molar-refractivity contribution is -0.117. The molecule has 5 nitrogen and oxygen atoms in total. The van der Waals surface area contributed by atoms with Crippen molar-refractivity contribution in [3.8, 4) is 5.75 Å². The molecule has 1 fully saturated rings. The van der Waals surface area contributed by atoms with Crippen LogP contribution in [-0.4, -0.2) is 48.6 Å². The lowest BCUT2D eigenvalue weighted by Gasteiger charge is -2.36. The fraction of sp³-hybridized carbons (Fsp3) is 0.409. The van der Waals surface area contributed by atoms with E-state index >= 15 is 0 Å². The topological polar surface area (TPSA) is 55.8 Å². The minimum Gasteiger partial charge on any atom is -0.506 e. The van der Waals surface area contributed by atoms with Gasteiger partial charge in [0.2, 0.25) is 5.91 Å². The molecule has 0 aliphatic carbocycles. The molecule has 0 unspecified atom stereocenters. The van der Waals surface area contributed by atoms with Gasteiger partial charge in [-0.25, -0.2) is 0 Å². The molecule has 0 spiro atoms. The Balaban J connectivity index is 1.54. The Morgan fingerprint density at radius 3 is 2.44 bits per heavy atom. The molecule has 2 N–H and O–H groups in total. The van der Waals surface area contributed by atoms with Gasteiger partial charge in [0.05, 0.1) is 12.2 Å². The van der Waals surface area contributed by atoms with Crippen LogP contribution in [0, 0.1) is 0 Å². The molecule has 1 aliphatic rings. The Hall–Kier alpha value is -2.53. The van der Waals surface area contributed by atoms with Crippen molar-refractivity contribution in [2.45, 2.75) is 26.2 Å². The first-order valence-corrected chi connectivity index (χ1v) is 9.72. The molecule has 1 saturated heterocycles. The van der Waals surface area contributed by atoms with Gasteiger partial charge in [0.25, 0.3) is 0 Å². The van der Waals surface area contributed by atoms with E-state index in [2.05, 4.69) is 35.0 Å². The predicted molar refractivity (Wildman–Crippen MR) is 111 cm³/mol. The zero-order chi connectivity index (χ0) is 19.2. The van der Waals surface area contributed by atoms with Crippen LogP contribution >= 0.6 is 0 Å². The quantitative estimate of drug-likeness (QED) is 0.818. The zero-order valence-corrected chi connectivity index (χ0v) is 16.2. The van der Waals surface area contributed by atoms with Crippen molar-refractivity contribution in [1.82, 2.24) is 4.90 Å². The van der Waals surface area contributed by atoms with E-state index < -0.39 is 0 Å². The second-order valence-electron chi connectivity index (χ2n) is 7.20. The third-order valence-electron chi connectivity index (χ3n) is 5.34. The van der Waals surface area contributed by atoms with E-state index in [-0.39, 0.29) is 5.91 Å². The average Bonchev–Trinajstić information content (AvgIpc) is 2.69. The van der Waals surface area contributed by atoms with Crippen LogP contribution in [0.4, 0.5) is 11.4 Å². The maximum atomic E-state index is 12.5. The molecule has 27 heavy (non-hydrogen) atoms. The van der Waals surface area contributed by atoms with E-state index in [1.54, 1.807) is 6.07 Å². The van der Waals surface area contributed by atoms with Gasteiger partial charge in [-0.1, -0.05) is 44.2 Å². The number of anilines is 2. The molecule has 2 aromatic rings. The first-order chi connectivity index (χ1) is 13.1. The Bertz CT molecular complexity index is 770. The molecular weight excluding hydrogens is 338 g/mol. The number of phenols is 1. The normalized spacial score (nSPS) is 16.1. The van der Waals surface area contributed by atoms with Crippen molar-refractivity contribution in [2.24, 2.45) is 0 Å². The number of carbonyl (C=O) groups is 1. The van der Waals surface area contributed by atoms with Crippen LogP contribution in [0.25, 0.3) is 0 Å². The first kappa shape index (κ1) is 19.2. The molecule has 1 aliphatic heterocycles. The molecular formula is C22H29N3O2. The van der Waals surface area contributed by atoms with E-state index in [9.17, 15) is 9.90 Å². The highest BCUT2D eigenvalue weighted by Crippen LogP contribution is 2.28. The fourth-order valence-corrected chi connectivity index (χ4v) is 3.53. The monoisotopic (exact) mass is 367 g/mol. The van der Waals surface area contributed by atoms with Crippen molar-refractivity contribution in [2.75, 3.05) is 42.9 Å². The SMILES string of the molecule is CC[C@@H](C)c1ccccc1NC(=O)CN1CCN(c2ccccc2O)CC1. The third-order valence-corrected chi connectivity index (χ3v) is 5.34. The van der Waals surface area contributed by atoms with E-state index in [0.717, 1.165) is 44.0 Å². The van der Waals surface area contributed by atoms with Crippen LogP contribution in [0.2, 0.25) is 0 Å². The van der Waals surface area contributed by atoms with Gasteiger partial charge in [-0.3, -0.25) is 9.69 Å². The minimum absolute atomic E-state index is 0.0294.